The van der Waals surface area contributed by atoms with Gasteiger partial charge in [-0.1, -0.05) is 35.9 Å². The molecule has 0 aliphatic rings. The fraction of sp³-hybridized carbons (Fsp3) is 0.278. The minimum atomic E-state index is -0.627. The lowest BCUT2D eigenvalue weighted by atomic mass is 10.1. The van der Waals surface area contributed by atoms with Crippen LogP contribution in [0.2, 0.25) is 0 Å². The Morgan fingerprint density at radius 3 is 2.41 bits per heavy atom. The molecule has 0 fully saturated rings. The first-order valence-electron chi connectivity index (χ1n) is 7.19. The quantitative estimate of drug-likeness (QED) is 0.821. The van der Waals surface area contributed by atoms with E-state index >= 15 is 0 Å². The number of carbonyl (C=O) groups excluding carboxylic acids is 1. The molecule has 0 saturated heterocycles. The van der Waals surface area contributed by atoms with E-state index in [2.05, 4.69) is 0 Å². The summed E-state index contributed by atoms with van der Waals surface area (Å²) >= 11 is 0. The molecular formula is C18H19F2NO. The van der Waals surface area contributed by atoms with Gasteiger partial charge in [0.15, 0.2) is 0 Å². The normalized spacial score (nSPS) is 10.5. The van der Waals surface area contributed by atoms with Crippen molar-refractivity contribution in [3.05, 3.63) is 70.8 Å². The lowest BCUT2D eigenvalue weighted by molar-refractivity contribution is -0.130. The number of halogens is 2. The summed E-state index contributed by atoms with van der Waals surface area (Å²) in [5.74, 6) is -1.31. The van der Waals surface area contributed by atoms with Gasteiger partial charge in [-0.25, -0.2) is 8.78 Å². The van der Waals surface area contributed by atoms with E-state index in [1.165, 1.54) is 22.6 Å². The molecule has 0 saturated carbocycles. The Morgan fingerprint density at radius 1 is 1.09 bits per heavy atom. The molecule has 1 amide bonds. The summed E-state index contributed by atoms with van der Waals surface area (Å²) in [5, 5.41) is 0. The summed E-state index contributed by atoms with van der Waals surface area (Å²) in [7, 11) is 1.63. The van der Waals surface area contributed by atoms with Crippen LogP contribution >= 0.6 is 0 Å². The Bertz CT molecular complexity index is 653. The standard InChI is InChI=1S/C18H19F2NO/c1-13-3-5-14(6-4-13)7-10-18(22)21(2)12-15-8-9-16(19)11-17(15)20/h3-6,8-9,11H,7,10,12H2,1-2H3. The molecule has 0 heterocycles. The topological polar surface area (TPSA) is 20.3 Å². The molecule has 0 N–H and O–H groups in total. The zero-order chi connectivity index (χ0) is 16.1. The summed E-state index contributed by atoms with van der Waals surface area (Å²) in [6.07, 6.45) is 1.01. The van der Waals surface area contributed by atoms with Crippen LogP contribution in [0.4, 0.5) is 8.78 Å². The number of rotatable bonds is 5. The summed E-state index contributed by atoms with van der Waals surface area (Å²) < 4.78 is 26.4. The van der Waals surface area contributed by atoms with Crippen LogP contribution in [0.1, 0.15) is 23.1 Å². The van der Waals surface area contributed by atoms with Gasteiger partial charge in [-0.2, -0.15) is 0 Å². The predicted octanol–water partition coefficient (Wildman–Crippen LogP) is 3.86. The number of hydrogen-bond acceptors (Lipinski definition) is 1. The van der Waals surface area contributed by atoms with Gasteiger partial charge in [0.2, 0.25) is 5.91 Å². The molecule has 0 aromatic heterocycles. The van der Waals surface area contributed by atoms with E-state index in [1.807, 2.05) is 31.2 Å². The minimum Gasteiger partial charge on any atom is -0.341 e. The highest BCUT2D eigenvalue weighted by Crippen LogP contribution is 2.13. The second-order valence-corrected chi connectivity index (χ2v) is 5.47. The van der Waals surface area contributed by atoms with E-state index in [-0.39, 0.29) is 12.5 Å². The molecule has 2 aromatic carbocycles. The molecule has 22 heavy (non-hydrogen) atoms. The van der Waals surface area contributed by atoms with Crippen LogP contribution in [0, 0.1) is 18.6 Å². The van der Waals surface area contributed by atoms with Gasteiger partial charge < -0.3 is 4.90 Å². The lowest BCUT2D eigenvalue weighted by Gasteiger charge is -2.17. The maximum atomic E-state index is 13.6. The van der Waals surface area contributed by atoms with Crippen molar-refractivity contribution < 1.29 is 13.6 Å². The highest BCUT2D eigenvalue weighted by atomic mass is 19.1. The Hall–Kier alpha value is -2.23. The van der Waals surface area contributed by atoms with Crippen molar-refractivity contribution in [2.24, 2.45) is 0 Å². The third-order valence-electron chi connectivity index (χ3n) is 3.60. The van der Waals surface area contributed by atoms with Gasteiger partial charge in [0, 0.05) is 31.6 Å². The molecule has 2 nitrogen and oxygen atoms in total. The van der Waals surface area contributed by atoms with Gasteiger partial charge in [-0.3, -0.25) is 4.79 Å². The minimum absolute atomic E-state index is 0.0655. The second kappa shape index (κ2) is 7.16. The van der Waals surface area contributed by atoms with E-state index < -0.39 is 11.6 Å². The fourth-order valence-electron chi connectivity index (χ4n) is 2.19. The molecule has 0 bridgehead atoms. The zero-order valence-electron chi connectivity index (χ0n) is 12.8. The molecule has 4 heteroatoms. The van der Waals surface area contributed by atoms with E-state index in [9.17, 15) is 13.6 Å². The van der Waals surface area contributed by atoms with E-state index in [1.54, 1.807) is 7.05 Å². The van der Waals surface area contributed by atoms with Crippen LogP contribution in [-0.2, 0) is 17.8 Å². The maximum Gasteiger partial charge on any atom is 0.222 e. The van der Waals surface area contributed by atoms with Crippen molar-refractivity contribution in [1.29, 1.82) is 0 Å². The number of aryl methyl sites for hydroxylation is 2. The van der Waals surface area contributed by atoms with Crippen LogP contribution in [0.5, 0.6) is 0 Å². The van der Waals surface area contributed by atoms with Crippen LogP contribution < -0.4 is 0 Å². The zero-order valence-corrected chi connectivity index (χ0v) is 12.8. The van der Waals surface area contributed by atoms with Crippen molar-refractivity contribution >= 4 is 5.91 Å². The predicted molar refractivity (Wildman–Crippen MR) is 82.3 cm³/mol. The molecular weight excluding hydrogens is 284 g/mol. The number of hydrogen-bond donors (Lipinski definition) is 0. The molecule has 116 valence electrons. The first-order valence-corrected chi connectivity index (χ1v) is 7.19. The summed E-state index contributed by atoms with van der Waals surface area (Å²) in [6.45, 7) is 2.15. The molecule has 0 aliphatic heterocycles. The second-order valence-electron chi connectivity index (χ2n) is 5.47. The van der Waals surface area contributed by atoms with Gasteiger partial charge in [-0.15, -0.1) is 0 Å². The third kappa shape index (κ3) is 4.38. The SMILES string of the molecule is Cc1ccc(CCC(=O)N(C)Cc2ccc(F)cc2F)cc1. The Kier molecular flexibility index (Phi) is 5.26. The van der Waals surface area contributed by atoms with Crippen molar-refractivity contribution in [1.82, 2.24) is 4.90 Å². The number of carbonyl (C=O) groups is 1. The smallest absolute Gasteiger partial charge is 0.222 e. The van der Waals surface area contributed by atoms with Gasteiger partial charge in [0.05, 0.1) is 0 Å². The molecule has 0 spiro atoms. The average Bonchev–Trinajstić information content (AvgIpc) is 2.49. The first kappa shape index (κ1) is 16.1. The van der Waals surface area contributed by atoms with Gasteiger partial charge in [0.25, 0.3) is 0 Å². The lowest BCUT2D eigenvalue weighted by Crippen LogP contribution is -2.26. The van der Waals surface area contributed by atoms with Gasteiger partial charge in [0.1, 0.15) is 11.6 Å². The van der Waals surface area contributed by atoms with Crippen molar-refractivity contribution in [3.63, 3.8) is 0 Å². The van der Waals surface area contributed by atoms with Crippen molar-refractivity contribution in [2.75, 3.05) is 7.05 Å². The molecule has 2 rings (SSSR count). The van der Waals surface area contributed by atoms with Crippen LogP contribution in [0.15, 0.2) is 42.5 Å². The number of benzene rings is 2. The molecule has 2 aromatic rings. The Morgan fingerprint density at radius 2 is 1.77 bits per heavy atom. The maximum absolute atomic E-state index is 13.6. The highest BCUT2D eigenvalue weighted by Gasteiger charge is 2.12. The van der Waals surface area contributed by atoms with Crippen molar-refractivity contribution in [2.45, 2.75) is 26.3 Å². The summed E-state index contributed by atoms with van der Waals surface area (Å²) in [6, 6.07) is 11.4. The summed E-state index contributed by atoms with van der Waals surface area (Å²) in [5.41, 5.74) is 2.59. The fourth-order valence-corrected chi connectivity index (χ4v) is 2.19. The highest BCUT2D eigenvalue weighted by molar-refractivity contribution is 5.76. The Labute approximate surface area is 129 Å². The van der Waals surface area contributed by atoms with Gasteiger partial charge in [-0.05, 0) is 25.0 Å². The first-order chi connectivity index (χ1) is 10.5. The average molecular weight is 303 g/mol. The van der Waals surface area contributed by atoms with E-state index in [4.69, 9.17) is 0 Å². The molecule has 0 unspecified atom stereocenters. The van der Waals surface area contributed by atoms with E-state index in [0.29, 0.717) is 18.4 Å². The third-order valence-corrected chi connectivity index (χ3v) is 3.60. The van der Waals surface area contributed by atoms with Crippen LogP contribution in [-0.4, -0.2) is 17.9 Å². The van der Waals surface area contributed by atoms with Gasteiger partial charge >= 0.3 is 0 Å². The monoisotopic (exact) mass is 303 g/mol. The van der Waals surface area contributed by atoms with Crippen molar-refractivity contribution in [3.8, 4) is 0 Å². The molecule has 0 aliphatic carbocycles. The Balaban J connectivity index is 1.90. The van der Waals surface area contributed by atoms with Crippen LogP contribution in [0.3, 0.4) is 0 Å². The number of amides is 1. The number of nitrogens with zero attached hydrogens (tertiary/aromatic N) is 1. The molecule has 0 atom stereocenters. The van der Waals surface area contributed by atoms with Crippen LogP contribution in [0.25, 0.3) is 0 Å². The summed E-state index contributed by atoms with van der Waals surface area (Å²) in [4.78, 5) is 13.6. The van der Waals surface area contributed by atoms with E-state index in [0.717, 1.165) is 11.6 Å². The molecule has 0 radical (unpaired) electrons. The largest absolute Gasteiger partial charge is 0.341 e.